The Kier molecular flexibility index (Phi) is 4.52. The topological polar surface area (TPSA) is 73.6 Å². The molecule has 124 valence electrons. The molecule has 2 rings (SSSR count). The summed E-state index contributed by atoms with van der Waals surface area (Å²) in [6.45, 7) is -0.526. The molecule has 1 heterocycles. The number of hydrogen-bond acceptors (Lipinski definition) is 4. The Bertz CT molecular complexity index is 654. The van der Waals surface area contributed by atoms with Gasteiger partial charge in [0.1, 0.15) is 11.8 Å². The van der Waals surface area contributed by atoms with E-state index in [1.807, 2.05) is 6.07 Å². The highest BCUT2D eigenvalue weighted by Gasteiger charge is 2.63. The van der Waals surface area contributed by atoms with Crippen LogP contribution in [0.5, 0.6) is 5.75 Å². The summed E-state index contributed by atoms with van der Waals surface area (Å²) in [5.41, 5.74) is -1.91. The molecule has 1 aromatic carbocycles. The highest BCUT2D eigenvalue weighted by molar-refractivity contribution is 5.76. The average molecular weight is 328 g/mol. The summed E-state index contributed by atoms with van der Waals surface area (Å²) in [6, 6.07) is 6.76. The quantitative estimate of drug-likeness (QED) is 0.919. The largest absolute Gasteiger partial charge is 0.495 e. The minimum absolute atomic E-state index is 0.00570. The molecule has 0 radical (unpaired) electrons. The van der Waals surface area contributed by atoms with Gasteiger partial charge in [-0.05, 0) is 12.5 Å². The first-order valence-electron chi connectivity index (χ1n) is 6.83. The second-order valence-electron chi connectivity index (χ2n) is 5.46. The van der Waals surface area contributed by atoms with Crippen molar-refractivity contribution >= 4 is 5.97 Å². The SMILES string of the molecule is COc1c(C#N)cccc1CN1CCC(C(=O)O)(C(F)(F)F)C1. The molecule has 1 aliphatic heterocycles. The molecule has 0 aliphatic carbocycles. The molecule has 1 N–H and O–H groups in total. The van der Waals surface area contributed by atoms with Gasteiger partial charge < -0.3 is 9.84 Å². The highest BCUT2D eigenvalue weighted by Crippen LogP contribution is 2.46. The van der Waals surface area contributed by atoms with Crippen molar-refractivity contribution < 1.29 is 27.8 Å². The number of carbonyl (C=O) groups is 1. The van der Waals surface area contributed by atoms with E-state index in [1.54, 1.807) is 18.2 Å². The van der Waals surface area contributed by atoms with E-state index in [4.69, 9.17) is 15.1 Å². The molecule has 0 saturated carbocycles. The van der Waals surface area contributed by atoms with Crippen LogP contribution in [0.3, 0.4) is 0 Å². The second kappa shape index (κ2) is 6.08. The van der Waals surface area contributed by atoms with Gasteiger partial charge in [-0.3, -0.25) is 9.69 Å². The summed E-state index contributed by atoms with van der Waals surface area (Å²) < 4.78 is 44.7. The van der Waals surface area contributed by atoms with Crippen LogP contribution >= 0.6 is 0 Å². The van der Waals surface area contributed by atoms with Crippen molar-refractivity contribution in [2.24, 2.45) is 5.41 Å². The number of rotatable bonds is 4. The molecule has 1 unspecified atom stereocenters. The fourth-order valence-corrected chi connectivity index (χ4v) is 2.83. The minimum Gasteiger partial charge on any atom is -0.495 e. The summed E-state index contributed by atoms with van der Waals surface area (Å²) in [7, 11) is 1.38. The first kappa shape index (κ1) is 17.1. The summed E-state index contributed by atoms with van der Waals surface area (Å²) in [5, 5.41) is 18.1. The predicted octanol–water partition coefficient (Wildman–Crippen LogP) is 2.41. The molecule has 1 saturated heterocycles. The van der Waals surface area contributed by atoms with Gasteiger partial charge in [-0.2, -0.15) is 18.4 Å². The number of alkyl halides is 3. The number of halogens is 3. The van der Waals surface area contributed by atoms with Crippen LogP contribution in [-0.4, -0.2) is 42.4 Å². The number of carboxylic acid groups (broad SMARTS) is 1. The Labute approximate surface area is 130 Å². The maximum Gasteiger partial charge on any atom is 0.406 e. The summed E-state index contributed by atoms with van der Waals surface area (Å²) in [6.07, 6.45) is -5.31. The zero-order chi connectivity index (χ0) is 17.3. The predicted molar refractivity (Wildman–Crippen MR) is 73.7 cm³/mol. The first-order chi connectivity index (χ1) is 10.7. The van der Waals surface area contributed by atoms with Crippen LogP contribution in [0.15, 0.2) is 18.2 Å². The van der Waals surface area contributed by atoms with E-state index in [2.05, 4.69) is 0 Å². The van der Waals surface area contributed by atoms with Crippen molar-refractivity contribution in [3.63, 3.8) is 0 Å². The number of methoxy groups -OCH3 is 1. The number of hydrogen-bond donors (Lipinski definition) is 1. The van der Waals surface area contributed by atoms with Crippen molar-refractivity contribution in [2.75, 3.05) is 20.2 Å². The first-order valence-corrected chi connectivity index (χ1v) is 6.83. The van der Waals surface area contributed by atoms with Crippen LogP contribution in [0.4, 0.5) is 13.2 Å². The summed E-state index contributed by atoms with van der Waals surface area (Å²) in [4.78, 5) is 12.6. The molecule has 1 aromatic rings. The number of aliphatic carboxylic acids is 1. The van der Waals surface area contributed by atoms with E-state index < -0.39 is 30.5 Å². The molecule has 0 aromatic heterocycles. The van der Waals surface area contributed by atoms with Crippen molar-refractivity contribution in [1.82, 2.24) is 4.90 Å². The Morgan fingerprint density at radius 1 is 1.52 bits per heavy atom. The van der Waals surface area contributed by atoms with Crippen LogP contribution in [0.25, 0.3) is 0 Å². The number of nitrogens with zero attached hydrogens (tertiary/aromatic N) is 2. The van der Waals surface area contributed by atoms with E-state index in [0.717, 1.165) is 0 Å². The van der Waals surface area contributed by atoms with Gasteiger partial charge in [0.25, 0.3) is 0 Å². The van der Waals surface area contributed by atoms with Crippen molar-refractivity contribution in [3.8, 4) is 11.8 Å². The second-order valence-corrected chi connectivity index (χ2v) is 5.46. The van der Waals surface area contributed by atoms with Crippen molar-refractivity contribution in [2.45, 2.75) is 19.1 Å². The lowest BCUT2D eigenvalue weighted by molar-refractivity contribution is -0.227. The fraction of sp³-hybridized carbons (Fsp3) is 0.467. The third-order valence-corrected chi connectivity index (χ3v) is 4.12. The third-order valence-electron chi connectivity index (χ3n) is 4.12. The highest BCUT2D eigenvalue weighted by atomic mass is 19.4. The monoisotopic (exact) mass is 328 g/mol. The van der Waals surface area contributed by atoms with E-state index >= 15 is 0 Å². The molecular formula is C15H15F3N2O3. The van der Waals surface area contributed by atoms with Gasteiger partial charge in [0.15, 0.2) is 5.41 Å². The molecule has 1 aliphatic rings. The Hall–Kier alpha value is -2.27. The van der Waals surface area contributed by atoms with Gasteiger partial charge in [0.05, 0.1) is 12.7 Å². The fourth-order valence-electron chi connectivity index (χ4n) is 2.83. The summed E-state index contributed by atoms with van der Waals surface area (Å²) in [5.74, 6) is -1.56. The van der Waals surface area contributed by atoms with Crippen LogP contribution in [0.2, 0.25) is 0 Å². The number of nitriles is 1. The number of likely N-dealkylation sites (tertiary alicyclic amines) is 1. The average Bonchev–Trinajstić information content (AvgIpc) is 2.92. The van der Waals surface area contributed by atoms with Gasteiger partial charge in [0.2, 0.25) is 0 Å². The van der Waals surface area contributed by atoms with Gasteiger partial charge in [-0.1, -0.05) is 12.1 Å². The molecule has 0 bridgehead atoms. The molecule has 5 nitrogen and oxygen atoms in total. The number of carboxylic acids is 1. The Morgan fingerprint density at radius 2 is 2.22 bits per heavy atom. The molecule has 23 heavy (non-hydrogen) atoms. The molecule has 0 amide bonds. The number of benzene rings is 1. The van der Waals surface area contributed by atoms with Gasteiger partial charge in [-0.15, -0.1) is 0 Å². The van der Waals surface area contributed by atoms with Crippen LogP contribution in [0.1, 0.15) is 17.5 Å². The maximum absolute atomic E-state index is 13.2. The van der Waals surface area contributed by atoms with E-state index in [-0.39, 0.29) is 18.7 Å². The van der Waals surface area contributed by atoms with Gasteiger partial charge in [0, 0.05) is 25.2 Å². The lowest BCUT2D eigenvalue weighted by atomic mass is 9.86. The van der Waals surface area contributed by atoms with Crippen LogP contribution in [-0.2, 0) is 11.3 Å². The number of para-hydroxylation sites is 1. The van der Waals surface area contributed by atoms with Crippen molar-refractivity contribution in [3.05, 3.63) is 29.3 Å². The minimum atomic E-state index is -4.81. The van der Waals surface area contributed by atoms with Crippen LogP contribution in [0, 0.1) is 16.7 Å². The molecule has 1 atom stereocenters. The molecule has 8 heteroatoms. The smallest absolute Gasteiger partial charge is 0.406 e. The Morgan fingerprint density at radius 3 is 2.70 bits per heavy atom. The van der Waals surface area contributed by atoms with Gasteiger partial charge in [-0.25, -0.2) is 0 Å². The van der Waals surface area contributed by atoms with E-state index in [0.29, 0.717) is 11.3 Å². The molecular weight excluding hydrogens is 313 g/mol. The third kappa shape index (κ3) is 2.97. The van der Waals surface area contributed by atoms with Crippen molar-refractivity contribution in [1.29, 1.82) is 5.26 Å². The normalized spacial score (nSPS) is 21.9. The molecule has 0 spiro atoms. The number of ether oxygens (including phenoxy) is 1. The van der Waals surface area contributed by atoms with E-state index in [9.17, 15) is 18.0 Å². The van der Waals surface area contributed by atoms with E-state index in [1.165, 1.54) is 12.0 Å². The lowest BCUT2D eigenvalue weighted by Crippen LogP contribution is -2.47. The van der Waals surface area contributed by atoms with Gasteiger partial charge >= 0.3 is 12.1 Å². The zero-order valence-corrected chi connectivity index (χ0v) is 12.4. The summed E-state index contributed by atoms with van der Waals surface area (Å²) >= 11 is 0. The van der Waals surface area contributed by atoms with Crippen LogP contribution < -0.4 is 4.74 Å². The zero-order valence-electron chi connectivity index (χ0n) is 12.4. The molecule has 1 fully saturated rings. The Balaban J connectivity index is 2.25. The maximum atomic E-state index is 13.2. The lowest BCUT2D eigenvalue weighted by Gasteiger charge is -2.27. The standard InChI is InChI=1S/C15H15F3N2O3/c1-23-12-10(7-19)3-2-4-11(12)8-20-6-5-14(9-20,13(21)22)15(16,17)18/h2-4H,5-6,8-9H2,1H3,(H,21,22).